The van der Waals surface area contributed by atoms with E-state index in [9.17, 15) is 13.2 Å². The van der Waals surface area contributed by atoms with Gasteiger partial charge in [0, 0.05) is 0 Å². The Morgan fingerprint density at radius 2 is 1.88 bits per heavy atom. The van der Waals surface area contributed by atoms with Crippen LogP contribution in [0, 0.1) is 6.92 Å². The molecule has 1 heterocycles. The van der Waals surface area contributed by atoms with Gasteiger partial charge in [-0.05, 0) is 30.0 Å². The van der Waals surface area contributed by atoms with Crippen LogP contribution in [0.15, 0.2) is 16.7 Å². The topological polar surface area (TPSA) is 26.0 Å². The maximum absolute atomic E-state index is 12.8. The van der Waals surface area contributed by atoms with E-state index in [-0.39, 0.29) is 16.9 Å². The van der Waals surface area contributed by atoms with Gasteiger partial charge in [-0.3, -0.25) is 0 Å². The number of benzene rings is 1. The number of aromatic nitrogens is 1. The summed E-state index contributed by atoms with van der Waals surface area (Å²) in [6.07, 6.45) is -4.48. The minimum Gasteiger partial charge on any atom is -0.356 e. The minimum absolute atomic E-state index is 0.0146. The molecule has 0 spiro atoms. The van der Waals surface area contributed by atoms with Crippen LogP contribution in [0.5, 0.6) is 0 Å². The summed E-state index contributed by atoms with van der Waals surface area (Å²) in [6.45, 7) is 5.51. The molecule has 0 aliphatic rings. The number of aryl methyl sites for hydroxylation is 1. The number of hydrogen-bond acceptors (Lipinski definition) is 2. The molecular weight excluding hydrogens is 231 g/mol. The van der Waals surface area contributed by atoms with Crippen molar-refractivity contribution in [3.63, 3.8) is 0 Å². The van der Waals surface area contributed by atoms with Gasteiger partial charge in [0.05, 0.1) is 5.39 Å². The van der Waals surface area contributed by atoms with E-state index in [1.807, 2.05) is 13.8 Å². The summed E-state index contributed by atoms with van der Waals surface area (Å²) in [5, 5.41) is 3.24. The molecule has 0 saturated carbocycles. The lowest BCUT2D eigenvalue weighted by Gasteiger charge is -2.12. The first kappa shape index (κ1) is 12.0. The second-order valence-electron chi connectivity index (χ2n) is 4.35. The fourth-order valence-corrected chi connectivity index (χ4v) is 2.10. The Hall–Kier alpha value is -1.52. The van der Waals surface area contributed by atoms with E-state index in [4.69, 9.17) is 4.52 Å². The molecule has 2 nitrogen and oxygen atoms in total. The van der Waals surface area contributed by atoms with E-state index in [0.717, 1.165) is 5.56 Å². The van der Waals surface area contributed by atoms with Crippen molar-refractivity contribution in [2.45, 2.75) is 32.9 Å². The third-order valence-corrected chi connectivity index (χ3v) is 2.74. The Balaban J connectivity index is 2.86. The van der Waals surface area contributed by atoms with Crippen LogP contribution in [0.4, 0.5) is 13.2 Å². The van der Waals surface area contributed by atoms with Gasteiger partial charge in [-0.15, -0.1) is 0 Å². The molecule has 2 aromatic rings. The quantitative estimate of drug-likeness (QED) is 0.747. The number of nitrogens with zero attached hydrogens (tertiary/aromatic N) is 1. The van der Waals surface area contributed by atoms with Crippen molar-refractivity contribution >= 4 is 11.0 Å². The van der Waals surface area contributed by atoms with Crippen LogP contribution in [0.3, 0.4) is 0 Å². The lowest BCUT2D eigenvalue weighted by molar-refractivity contribution is -0.141. The Kier molecular flexibility index (Phi) is 2.64. The molecule has 0 atom stereocenters. The van der Waals surface area contributed by atoms with Crippen molar-refractivity contribution in [3.8, 4) is 0 Å². The molecule has 0 aliphatic heterocycles. The highest BCUT2D eigenvalue weighted by Crippen LogP contribution is 2.38. The number of hydrogen-bond donors (Lipinski definition) is 0. The van der Waals surface area contributed by atoms with Crippen molar-refractivity contribution < 1.29 is 17.7 Å². The van der Waals surface area contributed by atoms with Gasteiger partial charge >= 0.3 is 6.18 Å². The van der Waals surface area contributed by atoms with Gasteiger partial charge in [-0.1, -0.05) is 25.1 Å². The van der Waals surface area contributed by atoms with Crippen LogP contribution in [-0.2, 0) is 6.18 Å². The van der Waals surface area contributed by atoms with Crippen molar-refractivity contribution in [1.82, 2.24) is 5.16 Å². The highest BCUT2D eigenvalue weighted by atomic mass is 19.4. The monoisotopic (exact) mass is 243 g/mol. The Bertz CT molecular complexity index is 555. The molecule has 1 aromatic heterocycles. The van der Waals surface area contributed by atoms with Crippen LogP contribution in [0.2, 0.25) is 0 Å². The molecule has 0 bridgehead atoms. The summed E-state index contributed by atoms with van der Waals surface area (Å²) < 4.78 is 43.2. The normalized spacial score (nSPS) is 12.6. The van der Waals surface area contributed by atoms with Crippen molar-refractivity contribution in [3.05, 3.63) is 29.0 Å². The first-order chi connectivity index (χ1) is 7.82. The third kappa shape index (κ3) is 1.90. The van der Waals surface area contributed by atoms with Crippen LogP contribution < -0.4 is 0 Å². The van der Waals surface area contributed by atoms with Crippen molar-refractivity contribution in [2.24, 2.45) is 0 Å². The molecule has 0 fully saturated rings. The van der Waals surface area contributed by atoms with Crippen molar-refractivity contribution in [2.75, 3.05) is 0 Å². The molecule has 1 aromatic carbocycles. The number of fused-ring (bicyclic) bond motifs is 1. The zero-order valence-electron chi connectivity index (χ0n) is 9.72. The first-order valence-electron chi connectivity index (χ1n) is 5.28. The standard InChI is InChI=1S/C12H12F3NO/c1-6(2)9-7(3)4-5-8-10(9)11(16-17-8)12(13,14)15/h4-6H,1-3H3. The van der Waals surface area contributed by atoms with Gasteiger partial charge in [0.1, 0.15) is 0 Å². The Labute approximate surface area is 96.4 Å². The highest BCUT2D eigenvalue weighted by Gasteiger charge is 2.38. The van der Waals surface area contributed by atoms with Gasteiger partial charge in [0.2, 0.25) is 0 Å². The van der Waals surface area contributed by atoms with Crippen LogP contribution >= 0.6 is 0 Å². The second kappa shape index (κ2) is 3.75. The molecule has 0 saturated heterocycles. The maximum Gasteiger partial charge on any atom is 0.437 e. The van der Waals surface area contributed by atoms with Gasteiger partial charge < -0.3 is 4.52 Å². The molecule has 0 amide bonds. The molecule has 92 valence electrons. The predicted octanol–water partition coefficient (Wildman–Crippen LogP) is 4.28. The van der Waals surface area contributed by atoms with E-state index in [1.165, 1.54) is 6.07 Å². The Morgan fingerprint density at radius 3 is 2.41 bits per heavy atom. The summed E-state index contributed by atoms with van der Waals surface area (Å²) >= 11 is 0. The van der Waals surface area contributed by atoms with Gasteiger partial charge in [0.25, 0.3) is 0 Å². The zero-order valence-corrected chi connectivity index (χ0v) is 9.72. The average molecular weight is 243 g/mol. The average Bonchev–Trinajstić information content (AvgIpc) is 2.59. The molecular formula is C12H12F3NO. The smallest absolute Gasteiger partial charge is 0.356 e. The third-order valence-electron chi connectivity index (χ3n) is 2.74. The van der Waals surface area contributed by atoms with E-state index < -0.39 is 11.9 Å². The van der Waals surface area contributed by atoms with Gasteiger partial charge in [-0.25, -0.2) is 0 Å². The molecule has 0 aliphatic carbocycles. The summed E-state index contributed by atoms with van der Waals surface area (Å²) in [6, 6.07) is 3.28. The van der Waals surface area contributed by atoms with Crippen LogP contribution in [-0.4, -0.2) is 5.16 Å². The van der Waals surface area contributed by atoms with Gasteiger partial charge in [0.15, 0.2) is 11.3 Å². The highest BCUT2D eigenvalue weighted by molar-refractivity contribution is 5.85. The van der Waals surface area contributed by atoms with Crippen LogP contribution in [0.25, 0.3) is 11.0 Å². The van der Waals surface area contributed by atoms with E-state index in [2.05, 4.69) is 5.16 Å². The van der Waals surface area contributed by atoms with Crippen molar-refractivity contribution in [1.29, 1.82) is 0 Å². The van der Waals surface area contributed by atoms with Crippen LogP contribution in [0.1, 0.15) is 36.6 Å². The molecule has 0 unspecified atom stereocenters. The number of halogens is 3. The molecule has 0 radical (unpaired) electrons. The molecule has 2 rings (SSSR count). The lowest BCUT2D eigenvalue weighted by atomic mass is 9.93. The molecule has 0 N–H and O–H groups in total. The maximum atomic E-state index is 12.8. The van der Waals surface area contributed by atoms with Gasteiger partial charge in [-0.2, -0.15) is 13.2 Å². The molecule has 17 heavy (non-hydrogen) atoms. The molecule has 5 heteroatoms. The minimum atomic E-state index is -4.48. The van der Waals surface area contributed by atoms with E-state index in [0.29, 0.717) is 5.56 Å². The lowest BCUT2D eigenvalue weighted by Crippen LogP contribution is -2.07. The van der Waals surface area contributed by atoms with E-state index in [1.54, 1.807) is 13.0 Å². The first-order valence-corrected chi connectivity index (χ1v) is 5.28. The summed E-state index contributed by atoms with van der Waals surface area (Å²) in [5.41, 5.74) is 0.726. The Morgan fingerprint density at radius 1 is 1.24 bits per heavy atom. The summed E-state index contributed by atoms with van der Waals surface area (Å²) in [4.78, 5) is 0. The summed E-state index contributed by atoms with van der Waals surface area (Å²) in [7, 11) is 0. The SMILES string of the molecule is Cc1ccc2onc(C(F)(F)F)c2c1C(C)C. The predicted molar refractivity (Wildman–Crippen MR) is 57.8 cm³/mol. The fourth-order valence-electron chi connectivity index (χ4n) is 2.10. The zero-order chi connectivity index (χ0) is 12.8. The number of alkyl halides is 3. The summed E-state index contributed by atoms with van der Waals surface area (Å²) in [5.74, 6) is -0.0146. The fraction of sp³-hybridized carbons (Fsp3) is 0.417. The largest absolute Gasteiger partial charge is 0.437 e. The second-order valence-corrected chi connectivity index (χ2v) is 4.35. The number of rotatable bonds is 1. The van der Waals surface area contributed by atoms with E-state index >= 15 is 0 Å².